The van der Waals surface area contributed by atoms with Gasteiger partial charge in [-0.3, -0.25) is 0 Å². The SMILES string of the molecule is C#Cc1cc(CC2CCOC2COC(=O)c2ccc(C)cc2)c(O)cc1C(=O)O. The van der Waals surface area contributed by atoms with Gasteiger partial charge in [0.15, 0.2) is 0 Å². The van der Waals surface area contributed by atoms with E-state index in [-0.39, 0.29) is 35.5 Å². The van der Waals surface area contributed by atoms with Gasteiger partial charge in [-0.1, -0.05) is 23.6 Å². The monoisotopic (exact) mass is 394 g/mol. The third kappa shape index (κ3) is 4.76. The van der Waals surface area contributed by atoms with Gasteiger partial charge in [-0.05, 0) is 55.5 Å². The summed E-state index contributed by atoms with van der Waals surface area (Å²) < 4.78 is 11.1. The molecular formula is C23H22O6. The van der Waals surface area contributed by atoms with Crippen LogP contribution < -0.4 is 0 Å². The van der Waals surface area contributed by atoms with Crippen LogP contribution in [0, 0.1) is 25.2 Å². The fourth-order valence-corrected chi connectivity index (χ4v) is 3.42. The summed E-state index contributed by atoms with van der Waals surface area (Å²) in [5, 5.41) is 19.4. The van der Waals surface area contributed by atoms with Crippen LogP contribution in [0.4, 0.5) is 0 Å². The molecule has 6 nitrogen and oxygen atoms in total. The Morgan fingerprint density at radius 1 is 1.28 bits per heavy atom. The molecule has 1 aliphatic rings. The first-order valence-electron chi connectivity index (χ1n) is 9.30. The van der Waals surface area contributed by atoms with Gasteiger partial charge in [0.2, 0.25) is 0 Å². The second kappa shape index (κ2) is 8.80. The Labute approximate surface area is 169 Å². The smallest absolute Gasteiger partial charge is 0.338 e. The lowest BCUT2D eigenvalue weighted by molar-refractivity contribution is 0.00622. The van der Waals surface area contributed by atoms with Gasteiger partial charge < -0.3 is 19.7 Å². The summed E-state index contributed by atoms with van der Waals surface area (Å²) in [6.07, 6.45) is 6.28. The molecule has 0 saturated carbocycles. The number of aryl methyl sites for hydroxylation is 1. The van der Waals surface area contributed by atoms with Gasteiger partial charge in [0, 0.05) is 12.2 Å². The Morgan fingerprint density at radius 3 is 2.66 bits per heavy atom. The van der Waals surface area contributed by atoms with Gasteiger partial charge in [0.25, 0.3) is 0 Å². The average molecular weight is 394 g/mol. The van der Waals surface area contributed by atoms with Gasteiger partial charge in [0.1, 0.15) is 12.4 Å². The fourth-order valence-electron chi connectivity index (χ4n) is 3.42. The lowest BCUT2D eigenvalue weighted by Crippen LogP contribution is -2.26. The molecule has 6 heteroatoms. The summed E-state index contributed by atoms with van der Waals surface area (Å²) in [6.45, 7) is 2.57. The lowest BCUT2D eigenvalue weighted by Gasteiger charge is -2.19. The first kappa shape index (κ1) is 20.4. The number of hydrogen-bond donors (Lipinski definition) is 2. The van der Waals surface area contributed by atoms with E-state index in [1.807, 2.05) is 19.1 Å². The van der Waals surface area contributed by atoms with Crippen LogP contribution in [0.5, 0.6) is 5.75 Å². The standard InChI is InChI=1S/C23H22O6/c1-3-15-10-18(20(24)12-19(15)22(25)26)11-17-8-9-28-21(17)13-29-23(27)16-6-4-14(2)5-7-16/h1,4-7,10,12,17,21,24H,8-9,11,13H2,2H3,(H,25,26). The Kier molecular flexibility index (Phi) is 6.20. The Hall–Kier alpha value is -3.30. The minimum absolute atomic E-state index is 0.00743. The highest BCUT2D eigenvalue weighted by Gasteiger charge is 2.31. The van der Waals surface area contributed by atoms with E-state index in [4.69, 9.17) is 15.9 Å². The maximum absolute atomic E-state index is 12.2. The molecule has 150 valence electrons. The summed E-state index contributed by atoms with van der Waals surface area (Å²) in [6, 6.07) is 9.82. The number of esters is 1. The first-order chi connectivity index (χ1) is 13.9. The van der Waals surface area contributed by atoms with Crippen molar-refractivity contribution in [3.05, 3.63) is 64.2 Å². The molecule has 3 rings (SSSR count). The first-order valence-corrected chi connectivity index (χ1v) is 9.30. The number of carbonyl (C=O) groups is 2. The molecule has 2 aromatic carbocycles. The lowest BCUT2D eigenvalue weighted by atomic mass is 9.91. The van der Waals surface area contributed by atoms with Crippen molar-refractivity contribution in [1.82, 2.24) is 0 Å². The average Bonchev–Trinajstić information content (AvgIpc) is 3.14. The van der Waals surface area contributed by atoms with E-state index in [2.05, 4.69) is 5.92 Å². The van der Waals surface area contributed by atoms with Crippen LogP contribution in [0.15, 0.2) is 36.4 Å². The number of aromatic hydroxyl groups is 1. The number of ether oxygens (including phenoxy) is 2. The maximum atomic E-state index is 12.2. The van der Waals surface area contributed by atoms with Crippen LogP contribution in [0.2, 0.25) is 0 Å². The number of terminal acetylenes is 1. The summed E-state index contributed by atoms with van der Waals surface area (Å²) in [4.78, 5) is 23.5. The molecule has 0 aromatic heterocycles. The predicted octanol–water partition coefficient (Wildman–Crippen LogP) is 3.18. The molecule has 0 amide bonds. The topological polar surface area (TPSA) is 93.1 Å². The van der Waals surface area contributed by atoms with Crippen LogP contribution >= 0.6 is 0 Å². The molecular weight excluding hydrogens is 372 g/mol. The van der Waals surface area contributed by atoms with Crippen molar-refractivity contribution in [3.63, 3.8) is 0 Å². The zero-order valence-electron chi connectivity index (χ0n) is 16.1. The number of aromatic carboxylic acids is 1. The Bertz CT molecular complexity index is 955. The molecule has 1 fully saturated rings. The molecule has 0 radical (unpaired) electrons. The molecule has 1 aliphatic heterocycles. The number of benzene rings is 2. The summed E-state index contributed by atoms with van der Waals surface area (Å²) >= 11 is 0. The highest BCUT2D eigenvalue weighted by atomic mass is 16.6. The third-order valence-electron chi connectivity index (χ3n) is 5.10. The number of carbonyl (C=O) groups excluding carboxylic acids is 1. The van der Waals surface area contributed by atoms with Crippen LogP contribution in [0.3, 0.4) is 0 Å². The normalized spacial score (nSPS) is 18.2. The number of rotatable bonds is 6. The molecule has 2 unspecified atom stereocenters. The van der Waals surface area contributed by atoms with Crippen molar-refractivity contribution in [2.24, 2.45) is 5.92 Å². The predicted molar refractivity (Wildman–Crippen MR) is 106 cm³/mol. The zero-order valence-corrected chi connectivity index (χ0v) is 16.1. The van der Waals surface area contributed by atoms with E-state index in [9.17, 15) is 19.8 Å². The fraction of sp³-hybridized carbons (Fsp3) is 0.304. The van der Waals surface area contributed by atoms with Gasteiger partial charge in [-0.15, -0.1) is 6.42 Å². The van der Waals surface area contributed by atoms with Crippen LogP contribution in [0.25, 0.3) is 0 Å². The van der Waals surface area contributed by atoms with Crippen LogP contribution in [-0.4, -0.2) is 41.5 Å². The molecule has 0 aliphatic carbocycles. The Balaban J connectivity index is 1.67. The minimum Gasteiger partial charge on any atom is -0.508 e. The number of phenolic OH excluding ortho intramolecular Hbond substituents is 1. The second-order valence-electron chi connectivity index (χ2n) is 7.10. The van der Waals surface area contributed by atoms with Crippen LogP contribution in [-0.2, 0) is 15.9 Å². The highest BCUT2D eigenvalue weighted by molar-refractivity contribution is 5.91. The molecule has 1 heterocycles. The summed E-state index contributed by atoms with van der Waals surface area (Å²) in [5.74, 6) is 0.632. The van der Waals surface area contributed by atoms with Crippen molar-refractivity contribution in [2.75, 3.05) is 13.2 Å². The number of hydrogen-bond acceptors (Lipinski definition) is 5. The van der Waals surface area contributed by atoms with E-state index >= 15 is 0 Å². The summed E-state index contributed by atoms with van der Waals surface area (Å²) in [5.41, 5.74) is 2.19. The maximum Gasteiger partial charge on any atom is 0.338 e. The van der Waals surface area contributed by atoms with E-state index in [1.165, 1.54) is 12.1 Å². The van der Waals surface area contributed by atoms with Gasteiger partial charge in [-0.25, -0.2) is 9.59 Å². The van der Waals surface area contributed by atoms with E-state index in [0.717, 1.165) is 12.0 Å². The molecule has 2 aromatic rings. The number of carboxylic acids is 1. The Morgan fingerprint density at radius 2 is 2.00 bits per heavy atom. The molecule has 2 N–H and O–H groups in total. The van der Waals surface area contributed by atoms with Gasteiger partial charge in [-0.2, -0.15) is 0 Å². The number of carboxylic acid groups (broad SMARTS) is 1. The van der Waals surface area contributed by atoms with Crippen molar-refractivity contribution >= 4 is 11.9 Å². The quantitative estimate of drug-likeness (QED) is 0.577. The molecule has 1 saturated heterocycles. The van der Waals surface area contributed by atoms with Crippen molar-refractivity contribution in [1.29, 1.82) is 0 Å². The largest absolute Gasteiger partial charge is 0.508 e. The zero-order chi connectivity index (χ0) is 21.0. The molecule has 0 spiro atoms. The highest BCUT2D eigenvalue weighted by Crippen LogP contribution is 2.31. The van der Waals surface area contributed by atoms with E-state index < -0.39 is 11.9 Å². The van der Waals surface area contributed by atoms with Crippen molar-refractivity contribution < 1.29 is 29.3 Å². The second-order valence-corrected chi connectivity index (χ2v) is 7.10. The number of phenols is 1. The third-order valence-corrected chi connectivity index (χ3v) is 5.10. The summed E-state index contributed by atoms with van der Waals surface area (Å²) in [7, 11) is 0. The van der Waals surface area contributed by atoms with Crippen molar-refractivity contribution in [3.8, 4) is 18.1 Å². The van der Waals surface area contributed by atoms with Gasteiger partial charge in [0.05, 0.1) is 17.2 Å². The van der Waals surface area contributed by atoms with Crippen molar-refractivity contribution in [2.45, 2.75) is 25.9 Å². The van der Waals surface area contributed by atoms with Crippen LogP contribution in [0.1, 0.15) is 43.8 Å². The molecule has 2 atom stereocenters. The molecule has 0 bridgehead atoms. The minimum atomic E-state index is -1.19. The van der Waals surface area contributed by atoms with E-state index in [0.29, 0.717) is 24.2 Å². The van der Waals surface area contributed by atoms with Gasteiger partial charge >= 0.3 is 11.9 Å². The molecule has 29 heavy (non-hydrogen) atoms. The van der Waals surface area contributed by atoms with E-state index in [1.54, 1.807) is 12.1 Å².